The molecule has 1 aromatic heterocycles. The number of hydrogen-bond acceptors (Lipinski definition) is 3. The molecule has 3 aliphatic rings. The number of aromatic nitrogens is 3. The Kier molecular flexibility index (Phi) is 7.56. The van der Waals surface area contributed by atoms with Crippen molar-refractivity contribution < 1.29 is 0 Å². The summed E-state index contributed by atoms with van der Waals surface area (Å²) in [5, 5.41) is 5.31. The van der Waals surface area contributed by atoms with Gasteiger partial charge in [-0.05, 0) is 107 Å². The van der Waals surface area contributed by atoms with Crippen molar-refractivity contribution in [3.8, 4) is 56.4 Å². The van der Waals surface area contributed by atoms with Crippen LogP contribution in [0.2, 0.25) is 0 Å². The van der Waals surface area contributed by atoms with Crippen LogP contribution in [0, 0.1) is 0 Å². The molecule has 9 aromatic carbocycles. The lowest BCUT2D eigenvalue weighted by molar-refractivity contribution is 0.789. The molecule has 0 N–H and O–H groups in total. The Morgan fingerprint density at radius 3 is 1.56 bits per heavy atom. The highest BCUT2D eigenvalue weighted by molar-refractivity contribution is 6.15. The highest BCUT2D eigenvalue weighted by atomic mass is 15.0. The van der Waals surface area contributed by atoms with Gasteiger partial charge in [0.2, 0.25) is 0 Å². The van der Waals surface area contributed by atoms with Crippen molar-refractivity contribution in [3.63, 3.8) is 0 Å². The number of rotatable bonds is 4. The molecule has 0 bridgehead atoms. The Hall–Kier alpha value is -7.75. The zero-order valence-electron chi connectivity index (χ0n) is 34.2. The summed E-state index contributed by atoms with van der Waals surface area (Å²) in [6, 6.07) is 70.6. The predicted octanol–water partition coefficient (Wildman–Crippen LogP) is 14.6. The molecule has 62 heavy (non-hydrogen) atoms. The van der Waals surface area contributed by atoms with Gasteiger partial charge in [-0.2, -0.15) is 0 Å². The number of benzene rings is 9. The van der Waals surface area contributed by atoms with Gasteiger partial charge in [0.25, 0.3) is 0 Å². The second-order valence-electron chi connectivity index (χ2n) is 17.1. The van der Waals surface area contributed by atoms with E-state index in [-0.39, 0.29) is 0 Å². The van der Waals surface area contributed by atoms with E-state index >= 15 is 0 Å². The molecule has 1 spiro atoms. The molecule has 0 amide bonds. The topological polar surface area (TPSA) is 38.7 Å². The molecule has 3 aliphatic carbocycles. The Labute approximate surface area is 360 Å². The van der Waals surface area contributed by atoms with Gasteiger partial charge >= 0.3 is 0 Å². The molecular weight excluding hydrogens is 751 g/mol. The van der Waals surface area contributed by atoms with Crippen LogP contribution in [0.5, 0.6) is 0 Å². The first-order valence-electron chi connectivity index (χ1n) is 21.7. The van der Waals surface area contributed by atoms with Gasteiger partial charge in [0.1, 0.15) is 0 Å². The van der Waals surface area contributed by atoms with E-state index in [4.69, 9.17) is 15.0 Å². The Bertz CT molecular complexity index is 3410. The maximum absolute atomic E-state index is 5.32. The molecule has 1 atom stereocenters. The largest absolute Gasteiger partial charge is 0.208 e. The average molecular weight is 790 g/mol. The number of fused-ring (bicyclic) bond motifs is 16. The van der Waals surface area contributed by atoms with E-state index in [9.17, 15) is 0 Å². The molecular formula is C59H39N3. The summed E-state index contributed by atoms with van der Waals surface area (Å²) in [5.74, 6) is 2.32. The maximum atomic E-state index is 5.32. The summed E-state index contributed by atoms with van der Waals surface area (Å²) in [5.41, 5.74) is 18.0. The summed E-state index contributed by atoms with van der Waals surface area (Å²) in [6.45, 7) is 2.41. The lowest BCUT2D eigenvalue weighted by atomic mass is 9.70. The molecule has 0 saturated heterocycles. The van der Waals surface area contributed by atoms with Crippen LogP contribution >= 0.6 is 0 Å². The smallest absolute Gasteiger partial charge is 0.164 e. The summed E-state index contributed by atoms with van der Waals surface area (Å²) >= 11 is 0. The number of nitrogens with zero attached hydrogens (tertiary/aromatic N) is 3. The number of hydrogen-bond donors (Lipinski definition) is 0. The molecule has 1 heterocycles. The van der Waals surface area contributed by atoms with E-state index in [1.54, 1.807) is 0 Å². The van der Waals surface area contributed by atoms with Crippen molar-refractivity contribution in [1.29, 1.82) is 0 Å². The molecule has 1 unspecified atom stereocenters. The Balaban J connectivity index is 1.09. The van der Waals surface area contributed by atoms with Gasteiger partial charge in [-0.3, -0.25) is 0 Å². The summed E-state index contributed by atoms with van der Waals surface area (Å²) in [4.78, 5) is 15.7. The summed E-state index contributed by atoms with van der Waals surface area (Å²) in [6.07, 6.45) is 3.45. The van der Waals surface area contributed by atoms with E-state index in [2.05, 4.69) is 171 Å². The van der Waals surface area contributed by atoms with Crippen LogP contribution < -0.4 is 0 Å². The maximum Gasteiger partial charge on any atom is 0.164 e. The second-order valence-corrected chi connectivity index (χ2v) is 17.1. The average Bonchev–Trinajstić information content (AvgIpc) is 3.81. The first-order chi connectivity index (χ1) is 30.7. The van der Waals surface area contributed by atoms with Gasteiger partial charge in [0, 0.05) is 16.7 Å². The normalized spacial score (nSPS) is 15.2. The summed E-state index contributed by atoms with van der Waals surface area (Å²) < 4.78 is 0. The third-order valence-electron chi connectivity index (χ3n) is 13.8. The zero-order valence-corrected chi connectivity index (χ0v) is 34.2. The quantitative estimate of drug-likeness (QED) is 0.167. The highest BCUT2D eigenvalue weighted by Crippen LogP contribution is 2.64. The lowest BCUT2D eigenvalue weighted by Gasteiger charge is -2.31. The standard InChI is InChI=1S/C59H39N3/c1-36-33-40(35-48-43-23-9-8-21-41(43)42-22-10-11-26-46(42)54(36)48)39-31-32-52-49(34-39)55-47(58-61-56(37-17-4-2-5-18-37)60-57(62-58)38-19-6-3-7-20-38)27-16-30-53(55)59(52)50-28-14-12-24-44(50)45-25-13-15-29-51(45)59/h2-32,34-36H,33H2,1H3. The third kappa shape index (κ3) is 4.91. The van der Waals surface area contributed by atoms with Crippen LogP contribution in [0.3, 0.4) is 0 Å². The SMILES string of the molecule is CC1CC(c2ccc3c(c2)-c2c(-c4nc(-c5ccccc5)nc(-c5ccccc5)n4)cccc2C32c3ccccc3-c3ccccc32)=Cc2c1c1ccccc1c1ccccc21. The van der Waals surface area contributed by atoms with Gasteiger partial charge in [0.05, 0.1) is 5.41 Å². The van der Waals surface area contributed by atoms with Crippen molar-refractivity contribution in [2.24, 2.45) is 0 Å². The fourth-order valence-corrected chi connectivity index (χ4v) is 11.3. The molecule has 13 rings (SSSR count). The molecule has 0 aliphatic heterocycles. The van der Waals surface area contributed by atoms with E-state index in [0.29, 0.717) is 23.4 Å². The van der Waals surface area contributed by atoms with Crippen LogP contribution in [0.15, 0.2) is 194 Å². The predicted molar refractivity (Wildman–Crippen MR) is 255 cm³/mol. The summed E-state index contributed by atoms with van der Waals surface area (Å²) in [7, 11) is 0. The van der Waals surface area contributed by atoms with Crippen molar-refractivity contribution in [2.75, 3.05) is 0 Å². The lowest BCUT2D eigenvalue weighted by Crippen LogP contribution is -2.25. The minimum Gasteiger partial charge on any atom is -0.208 e. The Morgan fingerprint density at radius 2 is 0.903 bits per heavy atom. The van der Waals surface area contributed by atoms with Crippen LogP contribution in [0.4, 0.5) is 0 Å². The number of allylic oxidation sites excluding steroid dienone is 1. The van der Waals surface area contributed by atoms with E-state index < -0.39 is 5.41 Å². The fraction of sp³-hybridized carbons (Fsp3) is 0.0678. The Morgan fingerprint density at radius 1 is 0.403 bits per heavy atom. The van der Waals surface area contributed by atoms with Crippen molar-refractivity contribution in [3.05, 3.63) is 233 Å². The zero-order chi connectivity index (χ0) is 40.9. The highest BCUT2D eigenvalue weighted by Gasteiger charge is 2.52. The van der Waals surface area contributed by atoms with Crippen LogP contribution in [0.1, 0.15) is 58.2 Å². The minimum atomic E-state index is -0.514. The van der Waals surface area contributed by atoms with E-state index in [0.717, 1.165) is 23.1 Å². The molecule has 0 radical (unpaired) electrons. The van der Waals surface area contributed by atoms with Gasteiger partial charge in [-0.15, -0.1) is 0 Å². The van der Waals surface area contributed by atoms with Crippen molar-refractivity contribution in [2.45, 2.75) is 24.7 Å². The molecule has 0 saturated carbocycles. The molecule has 3 heteroatoms. The molecule has 290 valence electrons. The van der Waals surface area contributed by atoms with Gasteiger partial charge in [0.15, 0.2) is 17.5 Å². The van der Waals surface area contributed by atoms with Crippen molar-refractivity contribution in [1.82, 2.24) is 15.0 Å². The second kappa shape index (κ2) is 13.4. The van der Waals surface area contributed by atoms with Gasteiger partial charge in [-0.1, -0.05) is 201 Å². The van der Waals surface area contributed by atoms with Crippen LogP contribution in [0.25, 0.3) is 89.6 Å². The fourth-order valence-electron chi connectivity index (χ4n) is 11.3. The van der Waals surface area contributed by atoms with Crippen LogP contribution in [-0.4, -0.2) is 15.0 Å². The molecule has 0 fully saturated rings. The monoisotopic (exact) mass is 789 g/mol. The van der Waals surface area contributed by atoms with Crippen LogP contribution in [-0.2, 0) is 5.41 Å². The van der Waals surface area contributed by atoms with Crippen molar-refractivity contribution >= 4 is 33.2 Å². The first-order valence-corrected chi connectivity index (χ1v) is 21.7. The van der Waals surface area contributed by atoms with Gasteiger partial charge in [-0.25, -0.2) is 15.0 Å². The van der Waals surface area contributed by atoms with E-state index in [1.807, 2.05) is 36.4 Å². The van der Waals surface area contributed by atoms with Gasteiger partial charge < -0.3 is 0 Å². The molecule has 3 nitrogen and oxygen atoms in total. The third-order valence-corrected chi connectivity index (χ3v) is 13.8. The van der Waals surface area contributed by atoms with E-state index in [1.165, 1.54) is 88.3 Å². The first kappa shape index (κ1) is 35.0. The minimum absolute atomic E-state index is 0.341. The molecule has 10 aromatic rings.